The number of nitrogens with zero attached hydrogens (tertiary/aromatic N) is 1. The van der Waals surface area contributed by atoms with Gasteiger partial charge in [0.1, 0.15) is 18.4 Å². The van der Waals surface area contributed by atoms with Crippen LogP contribution in [0.4, 0.5) is 18.9 Å². The molecule has 0 heterocycles. The lowest BCUT2D eigenvalue weighted by Crippen LogP contribution is -2.48. The zero-order valence-electron chi connectivity index (χ0n) is 17.7. The van der Waals surface area contributed by atoms with E-state index in [0.717, 1.165) is 29.5 Å². The molecule has 0 aliphatic carbocycles. The number of hydrogen-bond donors (Lipinski definition) is 1. The summed E-state index contributed by atoms with van der Waals surface area (Å²) in [6.07, 6.45) is -3.81. The number of hydrogen-bond acceptors (Lipinski definition) is 4. The predicted octanol–water partition coefficient (Wildman–Crippen LogP) is 3.67. The van der Waals surface area contributed by atoms with E-state index < -0.39 is 33.7 Å². The van der Waals surface area contributed by atoms with Gasteiger partial charge in [0.25, 0.3) is 0 Å². The second kappa shape index (κ2) is 9.59. The fourth-order valence-electron chi connectivity index (χ4n) is 3.14. The highest BCUT2D eigenvalue weighted by atomic mass is 32.2. The number of amides is 1. The molecule has 0 aromatic heterocycles. The molecule has 1 N–H and O–H groups in total. The van der Waals surface area contributed by atoms with Crippen LogP contribution in [0.1, 0.15) is 23.6 Å². The van der Waals surface area contributed by atoms with Crippen LogP contribution in [0.3, 0.4) is 0 Å². The molecule has 170 valence electrons. The van der Waals surface area contributed by atoms with Crippen LogP contribution in [-0.2, 0) is 21.0 Å². The van der Waals surface area contributed by atoms with Crippen molar-refractivity contribution in [1.82, 2.24) is 5.32 Å². The second-order valence-corrected chi connectivity index (χ2v) is 9.11. The van der Waals surface area contributed by atoms with Gasteiger partial charge in [-0.3, -0.25) is 9.10 Å². The normalized spacial score (nSPS) is 12.9. The molecule has 31 heavy (non-hydrogen) atoms. The van der Waals surface area contributed by atoms with E-state index in [1.807, 2.05) is 32.0 Å². The summed E-state index contributed by atoms with van der Waals surface area (Å²) in [6.45, 7) is 5.40. The quantitative estimate of drug-likeness (QED) is 0.613. The lowest BCUT2D eigenvalue weighted by molar-refractivity contribution is -0.137. The van der Waals surface area contributed by atoms with E-state index in [-0.39, 0.29) is 18.8 Å². The highest BCUT2D eigenvalue weighted by Crippen LogP contribution is 2.32. The highest BCUT2D eigenvalue weighted by Gasteiger charge is 2.34. The highest BCUT2D eigenvalue weighted by molar-refractivity contribution is 7.92. The summed E-state index contributed by atoms with van der Waals surface area (Å²) in [5.41, 5.74) is 0.801. The standard InChI is InChI=1S/C21H25F3N2O4S/c1-14-10-15(2)12-19(11-14)30-9-8-25-20(27)16(3)26(31(4,28)29)18-7-5-6-17(13-18)21(22,23)24/h5-7,10-13,16H,8-9H2,1-4H3,(H,25,27)/t16-/m0/s1. The topological polar surface area (TPSA) is 75.7 Å². The Morgan fingerprint density at radius 1 is 1.13 bits per heavy atom. The van der Waals surface area contributed by atoms with Crippen LogP contribution in [0.25, 0.3) is 0 Å². The Labute approximate surface area is 180 Å². The third-order valence-electron chi connectivity index (χ3n) is 4.38. The van der Waals surface area contributed by atoms with Gasteiger partial charge in [-0.25, -0.2) is 8.42 Å². The number of ether oxygens (including phenoxy) is 1. The Bertz CT molecular complexity index is 1020. The Kier molecular flexibility index (Phi) is 7.58. The maximum atomic E-state index is 13.0. The van der Waals surface area contributed by atoms with Crippen molar-refractivity contribution in [2.24, 2.45) is 0 Å². The first kappa shape index (κ1) is 24.5. The molecule has 0 unspecified atom stereocenters. The molecular weight excluding hydrogens is 433 g/mol. The van der Waals surface area contributed by atoms with Gasteiger partial charge in [0.15, 0.2) is 0 Å². The van der Waals surface area contributed by atoms with Crippen LogP contribution < -0.4 is 14.4 Å². The lowest BCUT2D eigenvalue weighted by atomic mass is 10.1. The number of carbonyl (C=O) groups is 1. The number of alkyl halides is 3. The number of halogens is 3. The van der Waals surface area contributed by atoms with Crippen LogP contribution >= 0.6 is 0 Å². The van der Waals surface area contributed by atoms with Gasteiger partial charge >= 0.3 is 6.18 Å². The van der Waals surface area contributed by atoms with Gasteiger partial charge in [0.2, 0.25) is 15.9 Å². The number of aryl methyl sites for hydroxylation is 2. The van der Waals surface area contributed by atoms with Crippen molar-refractivity contribution >= 4 is 21.6 Å². The van der Waals surface area contributed by atoms with Crippen molar-refractivity contribution in [3.8, 4) is 5.75 Å². The van der Waals surface area contributed by atoms with E-state index >= 15 is 0 Å². The number of sulfonamides is 1. The molecule has 1 amide bonds. The number of benzene rings is 2. The zero-order valence-corrected chi connectivity index (χ0v) is 18.5. The maximum Gasteiger partial charge on any atom is 0.416 e. The van der Waals surface area contributed by atoms with Crippen molar-refractivity contribution in [2.75, 3.05) is 23.7 Å². The van der Waals surface area contributed by atoms with Crippen LogP contribution in [0.15, 0.2) is 42.5 Å². The van der Waals surface area contributed by atoms with Crippen molar-refractivity contribution in [2.45, 2.75) is 33.0 Å². The van der Waals surface area contributed by atoms with Gasteiger partial charge in [-0.2, -0.15) is 13.2 Å². The minimum Gasteiger partial charge on any atom is -0.492 e. The van der Waals surface area contributed by atoms with Gasteiger partial charge in [0, 0.05) is 0 Å². The Balaban J connectivity index is 2.08. The molecule has 1 atom stereocenters. The van der Waals surface area contributed by atoms with E-state index in [1.54, 1.807) is 0 Å². The molecule has 0 bridgehead atoms. The molecule has 0 saturated carbocycles. The Morgan fingerprint density at radius 3 is 2.29 bits per heavy atom. The van der Waals surface area contributed by atoms with Crippen LogP contribution in [0.5, 0.6) is 5.75 Å². The average Bonchev–Trinajstić information content (AvgIpc) is 2.62. The number of carbonyl (C=O) groups excluding carboxylic acids is 1. The largest absolute Gasteiger partial charge is 0.492 e. The molecule has 2 aromatic rings. The van der Waals surface area contributed by atoms with Crippen molar-refractivity contribution in [3.05, 3.63) is 59.2 Å². The van der Waals surface area contributed by atoms with Gasteiger partial charge < -0.3 is 10.1 Å². The summed E-state index contributed by atoms with van der Waals surface area (Å²) in [6, 6.07) is 8.26. The molecule has 0 spiro atoms. The fourth-order valence-corrected chi connectivity index (χ4v) is 4.30. The molecule has 10 heteroatoms. The first-order valence-corrected chi connectivity index (χ1v) is 11.3. The summed E-state index contributed by atoms with van der Waals surface area (Å²) in [4.78, 5) is 12.5. The third kappa shape index (κ3) is 6.88. The average molecular weight is 459 g/mol. The van der Waals surface area contributed by atoms with Gasteiger partial charge in [-0.15, -0.1) is 0 Å². The molecule has 2 aromatic carbocycles. The number of anilines is 1. The monoisotopic (exact) mass is 458 g/mol. The molecule has 0 saturated heterocycles. The molecule has 2 rings (SSSR count). The second-order valence-electron chi connectivity index (χ2n) is 7.25. The number of nitrogens with one attached hydrogen (secondary N) is 1. The summed E-state index contributed by atoms with van der Waals surface area (Å²) in [5.74, 6) is -0.0200. The van der Waals surface area contributed by atoms with Crippen LogP contribution in [0, 0.1) is 13.8 Å². The Morgan fingerprint density at radius 2 is 1.74 bits per heavy atom. The smallest absolute Gasteiger partial charge is 0.416 e. The van der Waals surface area contributed by atoms with Crippen LogP contribution in [-0.4, -0.2) is 39.8 Å². The molecular formula is C21H25F3N2O4S. The molecule has 0 aliphatic heterocycles. The minimum absolute atomic E-state index is 0.0936. The summed E-state index contributed by atoms with van der Waals surface area (Å²) in [7, 11) is -4.03. The number of rotatable bonds is 8. The molecule has 0 radical (unpaired) electrons. The maximum absolute atomic E-state index is 13.0. The van der Waals surface area contributed by atoms with Crippen molar-refractivity contribution in [1.29, 1.82) is 0 Å². The van der Waals surface area contributed by atoms with Gasteiger partial charge in [-0.05, 0) is 62.2 Å². The summed E-state index contributed by atoms with van der Waals surface area (Å²) >= 11 is 0. The van der Waals surface area contributed by atoms with E-state index in [2.05, 4.69) is 5.32 Å². The van der Waals surface area contributed by atoms with Crippen molar-refractivity contribution in [3.63, 3.8) is 0 Å². The van der Waals surface area contributed by atoms with Gasteiger partial charge in [-0.1, -0.05) is 12.1 Å². The minimum atomic E-state index is -4.64. The van der Waals surface area contributed by atoms with Crippen LogP contribution in [0.2, 0.25) is 0 Å². The van der Waals surface area contributed by atoms with Gasteiger partial charge in [0.05, 0.1) is 24.1 Å². The first-order valence-electron chi connectivity index (χ1n) is 9.44. The van der Waals surface area contributed by atoms with Crippen molar-refractivity contribution < 1.29 is 31.1 Å². The predicted molar refractivity (Wildman–Crippen MR) is 113 cm³/mol. The third-order valence-corrected chi connectivity index (χ3v) is 5.62. The van der Waals surface area contributed by atoms with E-state index in [9.17, 15) is 26.4 Å². The fraction of sp³-hybridized carbons (Fsp3) is 0.381. The van der Waals surface area contributed by atoms with E-state index in [1.165, 1.54) is 13.0 Å². The zero-order chi connectivity index (χ0) is 23.4. The molecule has 0 fully saturated rings. The summed E-state index contributed by atoms with van der Waals surface area (Å²) in [5, 5.41) is 2.56. The summed E-state index contributed by atoms with van der Waals surface area (Å²) < 4.78 is 69.8. The van der Waals surface area contributed by atoms with E-state index in [4.69, 9.17) is 4.74 Å². The molecule has 0 aliphatic rings. The van der Waals surface area contributed by atoms with E-state index in [0.29, 0.717) is 16.1 Å². The first-order chi connectivity index (χ1) is 14.3. The lowest BCUT2D eigenvalue weighted by Gasteiger charge is -2.28. The SMILES string of the molecule is Cc1cc(C)cc(OCCNC(=O)[C@H](C)N(c2cccc(C(F)(F)F)c2)S(C)(=O)=O)c1. The Hall–Kier alpha value is -2.75. The molecule has 6 nitrogen and oxygen atoms in total.